The van der Waals surface area contributed by atoms with Crippen molar-refractivity contribution in [2.24, 2.45) is 0 Å². The molecule has 0 bridgehead atoms. The van der Waals surface area contributed by atoms with Crippen molar-refractivity contribution in [1.29, 1.82) is 0 Å². The number of rotatable bonds is 4. The summed E-state index contributed by atoms with van der Waals surface area (Å²) < 4.78 is 21.1. The molecule has 164 valence electrons. The maximum atomic E-state index is 14.1. The molecular weight excluding hydrogens is 413 g/mol. The molecule has 0 N–H and O–H groups in total. The van der Waals surface area contributed by atoms with Gasteiger partial charge in [-0.1, -0.05) is 0 Å². The van der Waals surface area contributed by atoms with E-state index >= 15 is 0 Å². The molecule has 9 nitrogen and oxygen atoms in total. The number of fused-ring (bicyclic) bond motifs is 2. The second-order valence-electron chi connectivity index (χ2n) is 7.60. The van der Waals surface area contributed by atoms with Crippen molar-refractivity contribution < 1.29 is 13.9 Å². The molecule has 4 heterocycles. The molecule has 1 aromatic carbocycles. The third-order valence-corrected chi connectivity index (χ3v) is 5.58. The van der Waals surface area contributed by atoms with Crippen LogP contribution >= 0.6 is 0 Å². The summed E-state index contributed by atoms with van der Waals surface area (Å²) in [6.45, 7) is 6.55. The third kappa shape index (κ3) is 3.47. The lowest BCUT2D eigenvalue weighted by atomic mass is 10.1. The zero-order valence-electron chi connectivity index (χ0n) is 17.8. The van der Waals surface area contributed by atoms with Crippen molar-refractivity contribution in [1.82, 2.24) is 24.6 Å². The second kappa shape index (κ2) is 8.03. The van der Waals surface area contributed by atoms with E-state index in [0.717, 1.165) is 11.5 Å². The van der Waals surface area contributed by atoms with Crippen molar-refractivity contribution in [2.45, 2.75) is 13.8 Å². The molecule has 0 spiro atoms. The van der Waals surface area contributed by atoms with Gasteiger partial charge in [-0.3, -0.25) is 4.98 Å². The van der Waals surface area contributed by atoms with Gasteiger partial charge < -0.3 is 14.5 Å². The number of piperazine rings is 1. The highest BCUT2D eigenvalue weighted by Crippen LogP contribution is 2.32. The number of ether oxygens (including phenoxy) is 1. The minimum absolute atomic E-state index is 0.253. The van der Waals surface area contributed by atoms with Crippen molar-refractivity contribution in [3.63, 3.8) is 0 Å². The first-order valence-electron chi connectivity index (χ1n) is 10.5. The Bertz CT molecular complexity index is 1310. The molecular formula is C22H22FN7O2. The first kappa shape index (κ1) is 20.1. The molecule has 1 saturated heterocycles. The molecule has 0 unspecified atom stereocenters. The molecule has 1 fully saturated rings. The Morgan fingerprint density at radius 3 is 2.69 bits per heavy atom. The van der Waals surface area contributed by atoms with Gasteiger partial charge in [0.1, 0.15) is 23.5 Å². The monoisotopic (exact) mass is 435 g/mol. The first-order valence-corrected chi connectivity index (χ1v) is 10.5. The molecule has 0 atom stereocenters. The van der Waals surface area contributed by atoms with Gasteiger partial charge in [-0.15, -0.1) is 0 Å². The average Bonchev–Trinajstić information content (AvgIpc) is 3.26. The fourth-order valence-electron chi connectivity index (χ4n) is 4.15. The number of anilines is 2. The van der Waals surface area contributed by atoms with Crippen LogP contribution in [0.15, 0.2) is 36.8 Å². The highest BCUT2D eigenvalue weighted by atomic mass is 19.1. The van der Waals surface area contributed by atoms with Gasteiger partial charge in [-0.25, -0.2) is 14.2 Å². The lowest BCUT2D eigenvalue weighted by molar-refractivity contribution is 0.0526. The molecule has 1 aliphatic heterocycles. The van der Waals surface area contributed by atoms with Crippen LogP contribution in [-0.4, -0.2) is 63.3 Å². The predicted molar refractivity (Wildman–Crippen MR) is 118 cm³/mol. The standard InChI is InChI=1S/C22H22FN7O2/c1-3-32-21(31)17-12-24-18-5-4-15(23)11-16(18)20(17)29-8-6-28(7-9-29)19-10-14(2)27-22-25-13-26-30(19)22/h4-5,10-13H,3,6-9H2,1-2H3. The number of halogens is 1. The van der Waals surface area contributed by atoms with Crippen LogP contribution in [0.2, 0.25) is 0 Å². The number of pyridine rings is 1. The summed E-state index contributed by atoms with van der Waals surface area (Å²) in [5, 5.41) is 4.90. The number of nitrogens with zero attached hydrogens (tertiary/aromatic N) is 7. The Kier molecular flexibility index (Phi) is 5.04. The zero-order valence-corrected chi connectivity index (χ0v) is 17.8. The lowest BCUT2D eigenvalue weighted by Gasteiger charge is -2.38. The molecule has 0 radical (unpaired) electrons. The summed E-state index contributed by atoms with van der Waals surface area (Å²) in [5.74, 6) is 0.641. The maximum absolute atomic E-state index is 14.1. The average molecular weight is 435 g/mol. The van der Waals surface area contributed by atoms with Gasteiger partial charge in [0.15, 0.2) is 0 Å². The molecule has 1 aliphatic rings. The Labute approximate surface area is 183 Å². The zero-order chi connectivity index (χ0) is 22.2. The maximum Gasteiger partial charge on any atom is 0.341 e. The van der Waals surface area contributed by atoms with Gasteiger partial charge in [0.05, 0.1) is 17.8 Å². The summed E-state index contributed by atoms with van der Waals surface area (Å²) >= 11 is 0. The van der Waals surface area contributed by atoms with Crippen LogP contribution in [0.4, 0.5) is 15.9 Å². The van der Waals surface area contributed by atoms with Gasteiger partial charge in [0.25, 0.3) is 5.78 Å². The minimum atomic E-state index is -0.460. The SMILES string of the molecule is CCOC(=O)c1cnc2ccc(F)cc2c1N1CCN(c2cc(C)nc3ncnn23)CC1. The number of aryl methyl sites for hydroxylation is 1. The van der Waals surface area contributed by atoms with E-state index in [2.05, 4.69) is 29.9 Å². The van der Waals surface area contributed by atoms with E-state index in [4.69, 9.17) is 4.74 Å². The summed E-state index contributed by atoms with van der Waals surface area (Å²) in [7, 11) is 0. The van der Waals surface area contributed by atoms with E-state index < -0.39 is 5.97 Å². The number of hydrogen-bond donors (Lipinski definition) is 0. The van der Waals surface area contributed by atoms with Crippen LogP contribution in [0.1, 0.15) is 23.0 Å². The highest BCUT2D eigenvalue weighted by molar-refractivity contribution is 6.05. The number of hydrogen-bond acceptors (Lipinski definition) is 8. The van der Waals surface area contributed by atoms with Gasteiger partial charge in [0.2, 0.25) is 0 Å². The Morgan fingerprint density at radius 2 is 1.91 bits per heavy atom. The van der Waals surface area contributed by atoms with Crippen molar-refractivity contribution >= 4 is 34.2 Å². The second-order valence-corrected chi connectivity index (χ2v) is 7.60. The van der Waals surface area contributed by atoms with E-state index in [1.54, 1.807) is 17.5 Å². The van der Waals surface area contributed by atoms with Gasteiger partial charge in [-0.05, 0) is 32.0 Å². The summed E-state index contributed by atoms with van der Waals surface area (Å²) in [6, 6.07) is 6.41. The van der Waals surface area contributed by atoms with Gasteiger partial charge >= 0.3 is 5.97 Å². The molecule has 0 amide bonds. The van der Waals surface area contributed by atoms with E-state index in [-0.39, 0.29) is 12.4 Å². The Hall–Kier alpha value is -3.82. The van der Waals surface area contributed by atoms with E-state index in [1.807, 2.05) is 13.0 Å². The van der Waals surface area contributed by atoms with E-state index in [1.165, 1.54) is 24.7 Å². The predicted octanol–water partition coefficient (Wildman–Crippen LogP) is 2.62. The normalized spacial score (nSPS) is 14.3. The van der Waals surface area contributed by atoms with Crippen LogP contribution in [-0.2, 0) is 4.74 Å². The summed E-state index contributed by atoms with van der Waals surface area (Å²) in [5.41, 5.74) is 2.50. The van der Waals surface area contributed by atoms with Crippen molar-refractivity contribution in [2.75, 3.05) is 42.6 Å². The number of carbonyl (C=O) groups is 1. The van der Waals surface area contributed by atoms with E-state index in [9.17, 15) is 9.18 Å². The minimum Gasteiger partial charge on any atom is -0.462 e. The third-order valence-electron chi connectivity index (χ3n) is 5.58. The number of aromatic nitrogens is 5. The van der Waals surface area contributed by atoms with Crippen molar-refractivity contribution in [3.05, 3.63) is 53.9 Å². The van der Waals surface area contributed by atoms with Crippen LogP contribution in [0.5, 0.6) is 0 Å². The molecule has 10 heteroatoms. The quantitative estimate of drug-likeness (QED) is 0.452. The highest BCUT2D eigenvalue weighted by Gasteiger charge is 2.26. The fourth-order valence-corrected chi connectivity index (χ4v) is 4.15. The van der Waals surface area contributed by atoms with Crippen LogP contribution in [0.3, 0.4) is 0 Å². The number of benzene rings is 1. The molecule has 5 rings (SSSR count). The molecule has 0 saturated carbocycles. The van der Waals surface area contributed by atoms with Crippen LogP contribution in [0.25, 0.3) is 16.7 Å². The summed E-state index contributed by atoms with van der Waals surface area (Å²) in [6.07, 6.45) is 3.01. The number of esters is 1. The van der Waals surface area contributed by atoms with Gasteiger partial charge in [0, 0.05) is 49.5 Å². The fraction of sp³-hybridized carbons (Fsp3) is 0.318. The number of carbonyl (C=O) groups excluding carboxylic acids is 1. The van der Waals surface area contributed by atoms with Gasteiger partial charge in [-0.2, -0.15) is 14.6 Å². The smallest absolute Gasteiger partial charge is 0.341 e. The molecule has 4 aromatic rings. The van der Waals surface area contributed by atoms with Crippen molar-refractivity contribution in [3.8, 4) is 0 Å². The molecule has 32 heavy (non-hydrogen) atoms. The first-order chi connectivity index (χ1) is 15.5. The molecule has 3 aromatic heterocycles. The Balaban J connectivity index is 1.50. The van der Waals surface area contributed by atoms with Crippen LogP contribution in [0, 0.1) is 12.7 Å². The largest absolute Gasteiger partial charge is 0.462 e. The Morgan fingerprint density at radius 1 is 1.12 bits per heavy atom. The van der Waals surface area contributed by atoms with Crippen LogP contribution < -0.4 is 9.80 Å². The molecule has 0 aliphatic carbocycles. The topological polar surface area (TPSA) is 88.8 Å². The summed E-state index contributed by atoms with van der Waals surface area (Å²) in [4.78, 5) is 29.9. The van der Waals surface area contributed by atoms with E-state index in [0.29, 0.717) is 54.1 Å². The lowest BCUT2D eigenvalue weighted by Crippen LogP contribution is -2.47.